The molecule has 76 heavy (non-hydrogen) atoms. The molecule has 0 saturated heterocycles. The maximum Gasteiger partial charge on any atom is 0.142 e. The summed E-state index contributed by atoms with van der Waals surface area (Å²) in [5.74, 6) is -0.622. The highest BCUT2D eigenvalue weighted by atomic mass is 19.1. The second kappa shape index (κ2) is 17.4. The highest BCUT2D eigenvalue weighted by molar-refractivity contribution is 6.18. The minimum atomic E-state index is -0.857. The zero-order valence-corrected chi connectivity index (χ0v) is 42.2. The van der Waals surface area contributed by atoms with Crippen molar-refractivity contribution in [1.82, 2.24) is 0 Å². The molecule has 14 rings (SSSR count). The van der Waals surface area contributed by atoms with Gasteiger partial charge in [-0.1, -0.05) is 185 Å². The summed E-state index contributed by atoms with van der Waals surface area (Å²) in [6, 6.07) is 84.3. The van der Waals surface area contributed by atoms with Crippen molar-refractivity contribution in [2.24, 2.45) is 0 Å². The van der Waals surface area contributed by atoms with Crippen molar-refractivity contribution >= 4 is 56.1 Å². The quantitative estimate of drug-likeness (QED) is 0.151. The van der Waals surface area contributed by atoms with Gasteiger partial charge in [-0.2, -0.15) is 0 Å². The third-order valence-electron chi connectivity index (χ3n) is 15.8. The molecule has 11 aromatic carbocycles. The Morgan fingerprint density at radius 1 is 0.382 bits per heavy atom. The number of anilines is 6. The number of furan rings is 1. The summed E-state index contributed by atoms with van der Waals surface area (Å²) in [6.45, 7) is 6.65. The summed E-state index contributed by atoms with van der Waals surface area (Å²) >= 11 is 0. The first kappa shape index (κ1) is 45.3. The number of nitrogens with zero attached hydrogens (tertiary/aromatic N) is 2. The van der Waals surface area contributed by atoms with Crippen LogP contribution in [0.2, 0.25) is 0 Å². The predicted molar refractivity (Wildman–Crippen MR) is 309 cm³/mol. The van der Waals surface area contributed by atoms with Gasteiger partial charge in [0.15, 0.2) is 0 Å². The summed E-state index contributed by atoms with van der Waals surface area (Å²) in [6.07, 6.45) is 0. The van der Waals surface area contributed by atoms with E-state index < -0.39 is 5.41 Å². The molecule has 0 fully saturated rings. The summed E-state index contributed by atoms with van der Waals surface area (Å²) in [4.78, 5) is 4.36. The van der Waals surface area contributed by atoms with Crippen molar-refractivity contribution in [2.45, 2.75) is 31.6 Å². The molecule has 5 heteroatoms. The molecule has 0 unspecified atom stereocenters. The van der Waals surface area contributed by atoms with Crippen LogP contribution < -0.4 is 9.80 Å². The molecular weight excluding hydrogens is 935 g/mol. The number of rotatable bonds is 8. The Labute approximate surface area is 441 Å². The van der Waals surface area contributed by atoms with Gasteiger partial charge in [0.2, 0.25) is 0 Å². The Bertz CT molecular complexity index is 4190. The van der Waals surface area contributed by atoms with E-state index in [9.17, 15) is 0 Å². The van der Waals surface area contributed by atoms with E-state index in [4.69, 9.17) is 4.42 Å². The number of para-hydroxylation sites is 2. The maximum absolute atomic E-state index is 16.8. The molecule has 1 spiro atoms. The number of hydrogen-bond donors (Lipinski definition) is 0. The van der Waals surface area contributed by atoms with Gasteiger partial charge in [0, 0.05) is 50.5 Å². The van der Waals surface area contributed by atoms with Crippen LogP contribution in [0, 0.1) is 11.6 Å². The average molecular weight is 985 g/mol. The molecule has 0 aliphatic heterocycles. The topological polar surface area (TPSA) is 19.6 Å². The largest absolute Gasteiger partial charge is 0.456 e. The minimum absolute atomic E-state index is 0.0709. The average Bonchev–Trinajstić information content (AvgIpc) is 4.22. The fraction of sp³-hybridized carbons (Fsp3) is 0.0704. The fourth-order valence-corrected chi connectivity index (χ4v) is 12.3. The van der Waals surface area contributed by atoms with Gasteiger partial charge in [-0.3, -0.25) is 0 Å². The van der Waals surface area contributed by atoms with E-state index in [1.54, 1.807) is 12.1 Å². The zero-order valence-electron chi connectivity index (χ0n) is 42.2. The van der Waals surface area contributed by atoms with E-state index in [0.717, 1.165) is 100 Å². The fourth-order valence-electron chi connectivity index (χ4n) is 12.3. The normalized spacial score (nSPS) is 12.9. The van der Waals surface area contributed by atoms with E-state index in [1.807, 2.05) is 115 Å². The number of halogens is 2. The van der Waals surface area contributed by atoms with Crippen molar-refractivity contribution in [3.63, 3.8) is 0 Å². The van der Waals surface area contributed by atoms with Crippen LogP contribution in [-0.2, 0) is 10.8 Å². The van der Waals surface area contributed by atoms with Crippen LogP contribution in [0.4, 0.5) is 42.9 Å². The van der Waals surface area contributed by atoms with Gasteiger partial charge in [-0.05, 0) is 146 Å². The second-order valence-electron chi connectivity index (χ2n) is 21.1. The van der Waals surface area contributed by atoms with Crippen molar-refractivity contribution in [3.8, 4) is 44.5 Å². The predicted octanol–water partition coefficient (Wildman–Crippen LogP) is 19.8. The molecule has 0 saturated carbocycles. The first-order valence-corrected chi connectivity index (χ1v) is 26.0. The Morgan fingerprint density at radius 2 is 0.842 bits per heavy atom. The Balaban J connectivity index is 1.06. The molecule has 12 aromatic rings. The van der Waals surface area contributed by atoms with Crippen molar-refractivity contribution in [2.75, 3.05) is 9.80 Å². The monoisotopic (exact) mass is 984 g/mol. The number of benzene rings is 11. The Hall–Kier alpha value is -9.32. The van der Waals surface area contributed by atoms with Crippen molar-refractivity contribution in [3.05, 3.63) is 288 Å². The zero-order chi connectivity index (χ0) is 51.3. The lowest BCUT2D eigenvalue weighted by Crippen LogP contribution is -2.26. The van der Waals surface area contributed by atoms with Gasteiger partial charge in [0.1, 0.15) is 22.8 Å². The SMILES string of the molecule is CC(C)(C)c1ccc(N(c2ccc(-c3ccccc3)c(F)c2)c2ccc3c(c2)C2(c4ccccc4-c4ccccc42)c2c-3cc(N(c3ccccc3)c3ccc(-c4ccccc4)c(F)c3)c3c2oc2ccccc23)cc1. The highest BCUT2D eigenvalue weighted by Gasteiger charge is 2.54. The lowest BCUT2D eigenvalue weighted by Gasteiger charge is -2.33. The van der Waals surface area contributed by atoms with Crippen LogP contribution in [0.15, 0.2) is 253 Å². The number of fused-ring (bicyclic) bond motifs is 14. The molecular formula is C71H50F2N2O. The van der Waals surface area contributed by atoms with Gasteiger partial charge in [-0.25, -0.2) is 8.78 Å². The van der Waals surface area contributed by atoms with Gasteiger partial charge in [0.25, 0.3) is 0 Å². The van der Waals surface area contributed by atoms with Crippen molar-refractivity contribution in [1.29, 1.82) is 0 Å². The maximum atomic E-state index is 16.8. The van der Waals surface area contributed by atoms with Crippen LogP contribution in [0.1, 0.15) is 48.6 Å². The van der Waals surface area contributed by atoms with Gasteiger partial charge < -0.3 is 14.2 Å². The third-order valence-corrected chi connectivity index (χ3v) is 15.8. The molecule has 0 atom stereocenters. The third kappa shape index (κ3) is 6.92. The van der Waals surface area contributed by atoms with Crippen LogP contribution in [0.3, 0.4) is 0 Å². The van der Waals surface area contributed by atoms with E-state index >= 15 is 8.78 Å². The first-order valence-electron chi connectivity index (χ1n) is 26.0. The molecule has 2 aliphatic rings. The Kier molecular flexibility index (Phi) is 10.4. The summed E-state index contributed by atoms with van der Waals surface area (Å²) in [5.41, 5.74) is 18.2. The molecule has 364 valence electrons. The summed E-state index contributed by atoms with van der Waals surface area (Å²) < 4.78 is 40.9. The molecule has 0 bridgehead atoms. The van der Waals surface area contributed by atoms with E-state index in [2.05, 4.69) is 152 Å². The number of hydrogen-bond acceptors (Lipinski definition) is 3. The van der Waals surface area contributed by atoms with Crippen LogP contribution in [0.25, 0.3) is 66.4 Å². The van der Waals surface area contributed by atoms with Crippen LogP contribution >= 0.6 is 0 Å². The van der Waals surface area contributed by atoms with Crippen LogP contribution in [-0.4, -0.2) is 0 Å². The van der Waals surface area contributed by atoms with E-state index in [1.165, 1.54) is 5.56 Å². The summed E-state index contributed by atoms with van der Waals surface area (Å²) in [7, 11) is 0. The van der Waals surface area contributed by atoms with Crippen LogP contribution in [0.5, 0.6) is 0 Å². The van der Waals surface area contributed by atoms with Gasteiger partial charge in [-0.15, -0.1) is 0 Å². The van der Waals surface area contributed by atoms with Crippen molar-refractivity contribution < 1.29 is 13.2 Å². The molecule has 0 radical (unpaired) electrons. The van der Waals surface area contributed by atoms with E-state index in [0.29, 0.717) is 22.5 Å². The molecule has 1 heterocycles. The lowest BCUT2D eigenvalue weighted by atomic mass is 9.70. The van der Waals surface area contributed by atoms with E-state index in [-0.39, 0.29) is 17.0 Å². The van der Waals surface area contributed by atoms with Gasteiger partial charge >= 0.3 is 0 Å². The molecule has 0 N–H and O–H groups in total. The molecule has 3 nitrogen and oxygen atoms in total. The first-order chi connectivity index (χ1) is 37.2. The molecule has 0 amide bonds. The molecule has 1 aromatic heterocycles. The Morgan fingerprint density at radius 3 is 1.42 bits per heavy atom. The molecule has 2 aliphatic carbocycles. The second-order valence-corrected chi connectivity index (χ2v) is 21.1. The van der Waals surface area contributed by atoms with Gasteiger partial charge in [0.05, 0.1) is 16.5 Å². The summed E-state index contributed by atoms with van der Waals surface area (Å²) in [5, 5.41) is 1.88. The smallest absolute Gasteiger partial charge is 0.142 e. The highest BCUT2D eigenvalue weighted by Crippen LogP contribution is 2.66. The lowest BCUT2D eigenvalue weighted by molar-refractivity contribution is 0.590. The standard InChI is InChI=1S/C71H50F2N2O/c1-70(2,3)47-31-33-49(34-32-47)74(51-35-38-53(63(72)42-51)45-19-7-4-8-20-45)50-37-40-57-59-44-65(75(48-23-11-6-12-24-48)52-36-39-54(64(73)43-52)46-21-9-5-10-22-46)67-58-27-15-18-30-66(58)76-69(67)68(59)71(62(57)41-50)60-28-16-13-25-55(60)56-26-14-17-29-61(56)71/h4-44H,1-3H3. The minimum Gasteiger partial charge on any atom is -0.456 e.